The van der Waals surface area contributed by atoms with Crippen molar-refractivity contribution < 1.29 is 60.1 Å². The molecule has 0 bridgehead atoms. The number of hydrogen-bond acceptors (Lipinski definition) is 7. The maximum absolute atomic E-state index is 12.6. The number of alkyl halides is 6. The number of furan rings is 1. The number of hydrogen-bond donors (Lipinski definition) is 3. The summed E-state index contributed by atoms with van der Waals surface area (Å²) in [5.74, 6) is -4.73. The molecule has 0 radical (unpaired) electrons. The third-order valence-electron chi connectivity index (χ3n) is 5.62. The molecule has 3 N–H and O–H groups in total. The van der Waals surface area contributed by atoms with Gasteiger partial charge >= 0.3 is 24.3 Å². The van der Waals surface area contributed by atoms with Gasteiger partial charge in [0.1, 0.15) is 5.76 Å². The minimum Gasteiger partial charge on any atom is -0.475 e. The number of likely N-dealkylation sites (tertiary alicyclic amines) is 1. The van der Waals surface area contributed by atoms with Gasteiger partial charge in [-0.2, -0.15) is 26.3 Å². The molecule has 10 nitrogen and oxygen atoms in total. The van der Waals surface area contributed by atoms with Crippen LogP contribution < -0.4 is 5.32 Å². The lowest BCUT2D eigenvalue weighted by molar-refractivity contribution is -0.193. The number of aromatic nitrogens is 1. The van der Waals surface area contributed by atoms with Gasteiger partial charge in [0.2, 0.25) is 5.91 Å². The molecule has 0 saturated carbocycles. The second-order valence-corrected chi connectivity index (χ2v) is 8.39. The lowest BCUT2D eigenvalue weighted by Crippen LogP contribution is -2.52. The smallest absolute Gasteiger partial charge is 0.475 e. The Morgan fingerprint density at radius 1 is 1.03 bits per heavy atom. The van der Waals surface area contributed by atoms with E-state index in [2.05, 4.69) is 15.2 Å². The number of nitrogens with zero attached hydrogens (tertiary/aromatic N) is 2. The number of aliphatic carboxylic acids is 2. The van der Waals surface area contributed by atoms with Gasteiger partial charge in [-0.25, -0.2) is 9.59 Å². The number of carbonyl (C=O) groups excluding carboxylic acids is 1. The molecule has 0 unspecified atom stereocenters. The van der Waals surface area contributed by atoms with Crippen molar-refractivity contribution in [1.29, 1.82) is 0 Å². The van der Waals surface area contributed by atoms with E-state index in [9.17, 15) is 31.1 Å². The minimum atomic E-state index is -5.08. The van der Waals surface area contributed by atoms with Crippen LogP contribution in [0.1, 0.15) is 24.2 Å². The highest BCUT2D eigenvalue weighted by molar-refractivity contribution is 5.79. The Bertz CT molecular complexity index is 1040. The summed E-state index contributed by atoms with van der Waals surface area (Å²) in [6, 6.07) is 8.17. The van der Waals surface area contributed by atoms with Gasteiger partial charge < -0.3 is 24.7 Å². The van der Waals surface area contributed by atoms with Gasteiger partial charge in [-0.1, -0.05) is 0 Å². The lowest BCUT2D eigenvalue weighted by atomic mass is 9.89. The van der Waals surface area contributed by atoms with Gasteiger partial charge in [-0.15, -0.1) is 0 Å². The van der Waals surface area contributed by atoms with Crippen molar-refractivity contribution in [3.05, 3.63) is 54.2 Å². The summed E-state index contributed by atoms with van der Waals surface area (Å²) < 4.78 is 74.7. The first kappa shape index (κ1) is 31.6. The highest BCUT2D eigenvalue weighted by Gasteiger charge is 2.42. The zero-order valence-corrected chi connectivity index (χ0v) is 20.1. The minimum absolute atomic E-state index is 0.0591. The molecular formula is C23H25F6N3O7. The average Bonchev–Trinajstić information content (AvgIpc) is 3.55. The summed E-state index contributed by atoms with van der Waals surface area (Å²) in [5.41, 5.74) is 1.22. The summed E-state index contributed by atoms with van der Waals surface area (Å²) in [5, 5.41) is 17.2. The van der Waals surface area contributed by atoms with Crippen molar-refractivity contribution >= 4 is 17.8 Å². The number of carboxylic acids is 2. The quantitative estimate of drug-likeness (QED) is 0.463. The van der Waals surface area contributed by atoms with Gasteiger partial charge in [0, 0.05) is 38.1 Å². The Morgan fingerprint density at radius 3 is 2.13 bits per heavy atom. The van der Waals surface area contributed by atoms with Crippen molar-refractivity contribution in [3.63, 3.8) is 0 Å². The Labute approximate surface area is 217 Å². The van der Waals surface area contributed by atoms with E-state index in [1.807, 2.05) is 36.7 Å². The Morgan fingerprint density at radius 2 is 1.62 bits per heavy atom. The molecule has 4 rings (SSSR count). The van der Waals surface area contributed by atoms with Gasteiger partial charge in [-0.05, 0) is 42.7 Å². The molecule has 39 heavy (non-hydrogen) atoms. The van der Waals surface area contributed by atoms with Gasteiger partial charge in [0.05, 0.1) is 24.8 Å². The third-order valence-corrected chi connectivity index (χ3v) is 5.62. The molecule has 2 aliphatic rings. The molecule has 216 valence electrons. The van der Waals surface area contributed by atoms with Crippen molar-refractivity contribution in [2.24, 2.45) is 5.92 Å². The summed E-state index contributed by atoms with van der Waals surface area (Å²) in [7, 11) is 0. The van der Waals surface area contributed by atoms with Crippen molar-refractivity contribution in [3.8, 4) is 0 Å². The monoisotopic (exact) mass is 569 g/mol. The average molecular weight is 569 g/mol. The summed E-state index contributed by atoms with van der Waals surface area (Å²) in [6.07, 6.45) is -2.94. The number of fused-ring (bicyclic) bond motifs is 1. The third kappa shape index (κ3) is 10.6. The predicted octanol–water partition coefficient (Wildman–Crippen LogP) is 3.24. The van der Waals surface area contributed by atoms with Crippen molar-refractivity contribution in [1.82, 2.24) is 15.2 Å². The molecule has 4 heterocycles. The van der Waals surface area contributed by atoms with Gasteiger partial charge in [-0.3, -0.25) is 14.7 Å². The number of amides is 1. The first-order valence-corrected chi connectivity index (χ1v) is 11.3. The van der Waals surface area contributed by atoms with Crippen LogP contribution in [0.2, 0.25) is 0 Å². The summed E-state index contributed by atoms with van der Waals surface area (Å²) in [6.45, 7) is 2.80. The summed E-state index contributed by atoms with van der Waals surface area (Å²) >= 11 is 0. The van der Waals surface area contributed by atoms with E-state index < -0.39 is 24.3 Å². The number of piperidine rings is 1. The fourth-order valence-corrected chi connectivity index (χ4v) is 3.88. The molecule has 2 fully saturated rings. The van der Waals surface area contributed by atoms with Gasteiger partial charge in [0.25, 0.3) is 0 Å². The first-order valence-electron chi connectivity index (χ1n) is 11.3. The van der Waals surface area contributed by atoms with E-state index in [0.717, 1.165) is 38.3 Å². The van der Waals surface area contributed by atoms with Crippen LogP contribution in [-0.2, 0) is 32.2 Å². The lowest BCUT2D eigenvalue weighted by Gasteiger charge is -2.40. The number of pyridine rings is 1. The Hall–Kier alpha value is -3.66. The SMILES string of the molecule is O=C(NCc1ccco1)[C@H]1C[C@H]2OCC[C@H]2N(Cc2ccncc2)C1.O=C(O)C(F)(F)F.O=C(O)C(F)(F)F. The normalized spacial score (nSPS) is 20.9. The fourth-order valence-electron chi connectivity index (χ4n) is 3.88. The molecule has 1 amide bonds. The van der Waals surface area contributed by atoms with Gasteiger partial charge in [0.15, 0.2) is 0 Å². The number of carbonyl (C=O) groups is 3. The maximum Gasteiger partial charge on any atom is 0.490 e. The van der Waals surface area contributed by atoms with E-state index in [0.29, 0.717) is 12.6 Å². The van der Waals surface area contributed by atoms with E-state index in [1.165, 1.54) is 5.56 Å². The second kappa shape index (κ2) is 13.9. The van der Waals surface area contributed by atoms with Crippen LogP contribution in [0, 0.1) is 5.92 Å². The predicted molar refractivity (Wildman–Crippen MR) is 119 cm³/mol. The van der Waals surface area contributed by atoms with Crippen molar-refractivity contribution in [2.45, 2.75) is 50.4 Å². The standard InChI is InChI=1S/C19H23N3O3.2C2HF3O2/c23-19(21-11-16-2-1-8-24-16)15-10-18-17(5-9-25-18)22(13-15)12-14-3-6-20-7-4-14;2*3-2(4,5)1(6)7/h1-4,6-8,15,17-18H,5,9-13H2,(H,21,23);2*(H,6,7)/t15-,17+,18+;;/m0../s1. The molecule has 16 heteroatoms. The molecule has 2 aromatic heterocycles. The zero-order chi connectivity index (χ0) is 29.2. The van der Waals surface area contributed by atoms with Crippen LogP contribution in [0.3, 0.4) is 0 Å². The van der Waals surface area contributed by atoms with Crippen LogP contribution in [0.15, 0.2) is 47.3 Å². The number of carboxylic acid groups (broad SMARTS) is 2. The largest absolute Gasteiger partial charge is 0.490 e. The highest BCUT2D eigenvalue weighted by Crippen LogP contribution is 2.32. The molecule has 2 aromatic rings. The Kier molecular flexibility index (Phi) is 11.3. The molecule has 2 aliphatic heterocycles. The molecule has 0 aliphatic carbocycles. The number of rotatable bonds is 5. The molecule has 2 saturated heterocycles. The Balaban J connectivity index is 0.000000317. The van der Waals surface area contributed by atoms with Crippen LogP contribution in [0.4, 0.5) is 26.3 Å². The van der Waals surface area contributed by atoms with E-state index in [1.54, 1.807) is 6.26 Å². The van der Waals surface area contributed by atoms with Crippen LogP contribution >= 0.6 is 0 Å². The van der Waals surface area contributed by atoms with Crippen LogP contribution in [0.5, 0.6) is 0 Å². The van der Waals surface area contributed by atoms with E-state index >= 15 is 0 Å². The molecular weight excluding hydrogens is 544 g/mol. The van der Waals surface area contributed by atoms with Crippen LogP contribution in [-0.4, -0.2) is 75.6 Å². The molecule has 0 spiro atoms. The second-order valence-electron chi connectivity index (χ2n) is 8.39. The fraction of sp³-hybridized carbons (Fsp3) is 0.478. The number of halogens is 6. The highest BCUT2D eigenvalue weighted by atomic mass is 19.4. The van der Waals surface area contributed by atoms with Crippen LogP contribution in [0.25, 0.3) is 0 Å². The van der Waals surface area contributed by atoms with Crippen molar-refractivity contribution in [2.75, 3.05) is 13.2 Å². The zero-order valence-electron chi connectivity index (χ0n) is 20.1. The van der Waals surface area contributed by atoms with E-state index in [4.69, 9.17) is 29.0 Å². The summed E-state index contributed by atoms with van der Waals surface area (Å²) in [4.78, 5) is 36.9. The number of nitrogens with one attached hydrogen (secondary N) is 1. The molecule has 3 atom stereocenters. The van der Waals surface area contributed by atoms with E-state index in [-0.39, 0.29) is 17.9 Å². The number of ether oxygens (including phenoxy) is 1. The molecule has 0 aromatic carbocycles. The topological polar surface area (TPSA) is 142 Å². The maximum atomic E-state index is 12.6. The first-order chi connectivity index (χ1) is 18.2.